The van der Waals surface area contributed by atoms with Gasteiger partial charge in [0.1, 0.15) is 5.82 Å². The van der Waals surface area contributed by atoms with Gasteiger partial charge in [-0.05, 0) is 6.07 Å². The molecule has 30 heavy (non-hydrogen) atoms. The Labute approximate surface area is 170 Å². The summed E-state index contributed by atoms with van der Waals surface area (Å²) in [6, 6.07) is 11.3. The number of H-pyrrole nitrogens is 1. The van der Waals surface area contributed by atoms with Crippen LogP contribution in [0.25, 0.3) is 17.0 Å². The van der Waals surface area contributed by atoms with Crippen molar-refractivity contribution in [1.82, 2.24) is 35.1 Å². The quantitative estimate of drug-likeness (QED) is 0.391. The van der Waals surface area contributed by atoms with Crippen molar-refractivity contribution in [2.45, 2.75) is 0 Å². The van der Waals surface area contributed by atoms with E-state index in [1.807, 2.05) is 36.5 Å². The molecule has 0 aliphatic rings. The van der Waals surface area contributed by atoms with Crippen LogP contribution >= 0.6 is 0 Å². The number of amides is 2. The van der Waals surface area contributed by atoms with Crippen LogP contribution < -0.4 is 10.6 Å². The van der Waals surface area contributed by atoms with Crippen LogP contribution in [-0.2, 0) is 4.74 Å². The zero-order chi connectivity index (χ0) is 20.9. The topological polar surface area (TPSA) is 139 Å². The van der Waals surface area contributed by atoms with Crippen molar-refractivity contribution in [2.24, 2.45) is 0 Å². The van der Waals surface area contributed by atoms with Crippen molar-refractivity contribution >= 4 is 23.4 Å². The summed E-state index contributed by atoms with van der Waals surface area (Å²) >= 11 is 0. The van der Waals surface area contributed by atoms with Crippen LogP contribution in [0, 0.1) is 0 Å². The van der Waals surface area contributed by atoms with Gasteiger partial charge in [0.25, 0.3) is 11.8 Å². The fraction of sp³-hybridized carbons (Fsp3) is 0.158. The molecule has 4 aromatic rings. The number of hydrogen-bond donors (Lipinski definition) is 3. The number of methoxy groups -OCH3 is 1. The van der Waals surface area contributed by atoms with Gasteiger partial charge >= 0.3 is 0 Å². The van der Waals surface area contributed by atoms with Gasteiger partial charge in [-0.25, -0.2) is 4.98 Å². The van der Waals surface area contributed by atoms with E-state index >= 15 is 0 Å². The second-order valence-electron chi connectivity index (χ2n) is 6.25. The van der Waals surface area contributed by atoms with Crippen molar-refractivity contribution in [1.29, 1.82) is 0 Å². The van der Waals surface area contributed by atoms with E-state index in [2.05, 4.69) is 36.0 Å². The molecular weight excluding hydrogens is 388 g/mol. The number of carbonyl (C=O) groups is 2. The predicted octanol–water partition coefficient (Wildman–Crippen LogP) is 1.14. The van der Waals surface area contributed by atoms with Gasteiger partial charge < -0.3 is 15.4 Å². The highest BCUT2D eigenvalue weighted by Crippen LogP contribution is 2.19. The molecule has 0 saturated heterocycles. The van der Waals surface area contributed by atoms with Crippen LogP contribution in [0.5, 0.6) is 0 Å². The Morgan fingerprint density at radius 3 is 2.77 bits per heavy atom. The minimum absolute atomic E-state index is 0.0446. The maximum absolute atomic E-state index is 12.6. The molecule has 3 aromatic heterocycles. The number of nitrogens with one attached hydrogen (secondary N) is 3. The lowest BCUT2D eigenvalue weighted by Gasteiger charge is -2.05. The molecule has 1 aromatic carbocycles. The molecular formula is C19H18N8O3. The molecule has 0 saturated carbocycles. The van der Waals surface area contributed by atoms with Crippen molar-refractivity contribution in [3.8, 4) is 11.3 Å². The molecule has 152 valence electrons. The van der Waals surface area contributed by atoms with E-state index in [4.69, 9.17) is 4.74 Å². The lowest BCUT2D eigenvalue weighted by molar-refractivity contribution is 0.0921. The molecule has 0 aliphatic heterocycles. The number of rotatable bonds is 7. The average Bonchev–Trinajstić information content (AvgIpc) is 3.41. The number of fused-ring (bicyclic) bond motifs is 1. The van der Waals surface area contributed by atoms with Crippen molar-refractivity contribution in [2.75, 3.05) is 25.6 Å². The van der Waals surface area contributed by atoms with Crippen LogP contribution in [-0.4, -0.2) is 61.9 Å². The maximum atomic E-state index is 12.6. The van der Waals surface area contributed by atoms with Crippen molar-refractivity contribution in [3.63, 3.8) is 0 Å². The molecule has 4 rings (SSSR count). The molecule has 3 N–H and O–H groups in total. The number of ether oxygens (including phenoxy) is 1. The number of aromatic amines is 1. The number of imidazole rings is 1. The van der Waals surface area contributed by atoms with E-state index in [-0.39, 0.29) is 23.8 Å². The summed E-state index contributed by atoms with van der Waals surface area (Å²) in [5.41, 5.74) is 1.54. The summed E-state index contributed by atoms with van der Waals surface area (Å²) in [5, 5.41) is 14.9. The monoisotopic (exact) mass is 406 g/mol. The van der Waals surface area contributed by atoms with Crippen molar-refractivity contribution in [3.05, 3.63) is 60.2 Å². The molecule has 3 heterocycles. The third-order valence-electron chi connectivity index (χ3n) is 4.22. The van der Waals surface area contributed by atoms with Gasteiger partial charge in [-0.2, -0.15) is 4.98 Å². The highest BCUT2D eigenvalue weighted by molar-refractivity contribution is 6.09. The van der Waals surface area contributed by atoms with E-state index in [1.165, 1.54) is 7.11 Å². The molecule has 0 radical (unpaired) electrons. The average molecular weight is 406 g/mol. The third-order valence-corrected chi connectivity index (χ3v) is 4.22. The van der Waals surface area contributed by atoms with Crippen LogP contribution in [0.1, 0.15) is 21.0 Å². The molecule has 0 bridgehead atoms. The zero-order valence-electron chi connectivity index (χ0n) is 16.0. The van der Waals surface area contributed by atoms with Gasteiger partial charge in [0.2, 0.25) is 5.78 Å². The summed E-state index contributed by atoms with van der Waals surface area (Å²) in [6.07, 6.45) is 3.59. The van der Waals surface area contributed by atoms with Gasteiger partial charge in [0.05, 0.1) is 12.3 Å². The van der Waals surface area contributed by atoms with Gasteiger partial charge in [0, 0.05) is 31.6 Å². The molecule has 11 heteroatoms. The minimum Gasteiger partial charge on any atom is -0.383 e. The summed E-state index contributed by atoms with van der Waals surface area (Å²) < 4.78 is 6.63. The summed E-state index contributed by atoms with van der Waals surface area (Å²) in [4.78, 5) is 33.6. The number of nitrogens with zero attached hydrogens (tertiary/aromatic N) is 5. The molecule has 0 unspecified atom stereocenters. The van der Waals surface area contributed by atoms with Crippen LogP contribution in [0.15, 0.2) is 48.8 Å². The first-order chi connectivity index (χ1) is 14.7. The van der Waals surface area contributed by atoms with Crippen molar-refractivity contribution < 1.29 is 14.3 Å². The fourth-order valence-corrected chi connectivity index (χ4v) is 2.77. The Bertz CT molecular complexity index is 1180. The Morgan fingerprint density at radius 2 is 1.97 bits per heavy atom. The van der Waals surface area contributed by atoms with Gasteiger partial charge in [-0.15, -0.1) is 5.10 Å². The lowest BCUT2D eigenvalue weighted by atomic mass is 10.2. The normalized spacial score (nSPS) is 10.8. The molecule has 0 spiro atoms. The Balaban J connectivity index is 1.51. The van der Waals surface area contributed by atoms with Crippen LogP contribution in [0.3, 0.4) is 0 Å². The lowest BCUT2D eigenvalue weighted by Crippen LogP contribution is -2.29. The number of hydrogen-bond acceptors (Lipinski definition) is 7. The third kappa shape index (κ3) is 4.00. The van der Waals surface area contributed by atoms with Crippen LogP contribution in [0.4, 0.5) is 5.82 Å². The molecule has 0 fully saturated rings. The summed E-state index contributed by atoms with van der Waals surface area (Å²) in [7, 11) is 1.52. The fourth-order valence-electron chi connectivity index (χ4n) is 2.77. The predicted molar refractivity (Wildman–Crippen MR) is 107 cm³/mol. The minimum atomic E-state index is -0.618. The number of benzene rings is 1. The highest BCUT2D eigenvalue weighted by atomic mass is 16.5. The molecule has 11 nitrogen and oxygen atoms in total. The first kappa shape index (κ1) is 19.2. The summed E-state index contributed by atoms with van der Waals surface area (Å²) in [5.74, 6) is -0.436. The Morgan fingerprint density at radius 1 is 1.13 bits per heavy atom. The van der Waals surface area contributed by atoms with Gasteiger partial charge in [-0.3, -0.25) is 19.1 Å². The van der Waals surface area contributed by atoms with E-state index in [0.717, 1.165) is 11.3 Å². The molecule has 2 amide bonds. The zero-order valence-corrected chi connectivity index (χ0v) is 16.0. The largest absolute Gasteiger partial charge is 0.383 e. The van der Waals surface area contributed by atoms with E-state index in [0.29, 0.717) is 12.4 Å². The number of anilines is 1. The smallest absolute Gasteiger partial charge is 0.279 e. The second-order valence-corrected chi connectivity index (χ2v) is 6.25. The SMILES string of the molecule is COCCNC(=O)c1[nH]nnc1C(=O)Nc1ccn2cc(-c3ccccc3)nc2n1. The van der Waals surface area contributed by atoms with E-state index in [9.17, 15) is 9.59 Å². The Kier molecular flexibility index (Phi) is 5.44. The highest BCUT2D eigenvalue weighted by Gasteiger charge is 2.22. The first-order valence-electron chi connectivity index (χ1n) is 9.06. The summed E-state index contributed by atoms with van der Waals surface area (Å²) in [6.45, 7) is 0.630. The van der Waals surface area contributed by atoms with Crippen LogP contribution in [0.2, 0.25) is 0 Å². The van der Waals surface area contributed by atoms with Gasteiger partial charge in [0.15, 0.2) is 11.4 Å². The number of carbonyl (C=O) groups excluding carboxylic acids is 2. The first-order valence-corrected chi connectivity index (χ1v) is 9.06. The number of aromatic nitrogens is 6. The second kappa shape index (κ2) is 8.49. The molecule has 0 atom stereocenters. The van der Waals surface area contributed by atoms with E-state index in [1.54, 1.807) is 16.7 Å². The maximum Gasteiger partial charge on any atom is 0.279 e. The Hall–Kier alpha value is -4.12. The standard InChI is InChI=1S/C19H18N8O3/c1-30-10-8-20-17(28)15-16(25-26-24-15)18(29)22-14-7-9-27-11-13(21-19(27)23-14)12-5-3-2-4-6-12/h2-7,9,11H,8,10H2,1H3,(H,20,28)(H,24,25,26)(H,21,22,23,29). The van der Waals surface area contributed by atoms with Gasteiger partial charge in [-0.1, -0.05) is 35.5 Å². The molecule has 0 aliphatic carbocycles. The van der Waals surface area contributed by atoms with E-state index < -0.39 is 11.8 Å².